The Morgan fingerprint density at radius 3 is 2.74 bits per heavy atom. The Balaban J connectivity index is 1.55. The van der Waals surface area contributed by atoms with E-state index in [1.807, 2.05) is 23.8 Å². The van der Waals surface area contributed by atoms with Crippen molar-refractivity contribution in [2.45, 2.75) is 32.7 Å². The van der Waals surface area contributed by atoms with Crippen LogP contribution in [0.3, 0.4) is 0 Å². The number of nitrogens with one attached hydrogen (secondary N) is 2. The molecule has 1 saturated heterocycles. The average Bonchev–Trinajstić information content (AvgIpc) is 3.31. The molecule has 9 nitrogen and oxygen atoms in total. The Kier molecular flexibility index (Phi) is 5.36. The lowest BCUT2D eigenvalue weighted by Crippen LogP contribution is -2.29. The third kappa shape index (κ3) is 4.05. The van der Waals surface area contributed by atoms with Gasteiger partial charge in [-0.3, -0.25) is 24.3 Å². The molecule has 27 heavy (non-hydrogen) atoms. The second kappa shape index (κ2) is 7.70. The van der Waals surface area contributed by atoms with Crippen molar-refractivity contribution < 1.29 is 23.9 Å². The van der Waals surface area contributed by atoms with Crippen molar-refractivity contribution in [3.63, 3.8) is 0 Å². The summed E-state index contributed by atoms with van der Waals surface area (Å²) in [5, 5.41) is 7.10. The standard InChI is InChI=1S/C17H18N4O5S/c1-9-7-11(10(2)21(9)17-18-5-6-27-17)13(22)8-26-14(23)4-3-12-15(24)20-16(25)19-12/h5-7,12H,3-4,8H2,1-2H3,(H2,19,20,24,25)/t12-/m0/s1. The monoisotopic (exact) mass is 390 g/mol. The van der Waals surface area contributed by atoms with Gasteiger partial charge in [-0.25, -0.2) is 9.78 Å². The number of carbonyl (C=O) groups is 4. The van der Waals surface area contributed by atoms with Crippen LogP contribution in [0.4, 0.5) is 4.79 Å². The van der Waals surface area contributed by atoms with Gasteiger partial charge in [-0.2, -0.15) is 0 Å². The number of ketones is 1. The minimum Gasteiger partial charge on any atom is -0.457 e. The van der Waals surface area contributed by atoms with E-state index < -0.39 is 23.9 Å². The van der Waals surface area contributed by atoms with E-state index in [1.54, 1.807) is 12.3 Å². The van der Waals surface area contributed by atoms with E-state index in [9.17, 15) is 19.2 Å². The van der Waals surface area contributed by atoms with Crippen LogP contribution in [0.2, 0.25) is 0 Å². The summed E-state index contributed by atoms with van der Waals surface area (Å²) in [5.74, 6) is -1.39. The largest absolute Gasteiger partial charge is 0.457 e. The molecule has 1 aliphatic rings. The molecule has 142 valence electrons. The van der Waals surface area contributed by atoms with Crippen LogP contribution in [0.5, 0.6) is 0 Å². The number of Topliss-reactive ketones (excluding diaryl/α,β-unsaturated/α-hetero) is 1. The molecule has 2 aromatic heterocycles. The highest BCUT2D eigenvalue weighted by Gasteiger charge is 2.29. The van der Waals surface area contributed by atoms with E-state index in [0.717, 1.165) is 16.5 Å². The van der Waals surface area contributed by atoms with Gasteiger partial charge in [-0.1, -0.05) is 0 Å². The first-order chi connectivity index (χ1) is 12.9. The third-order valence-electron chi connectivity index (χ3n) is 4.20. The lowest BCUT2D eigenvalue weighted by molar-refractivity contribution is -0.142. The minimum atomic E-state index is -0.752. The van der Waals surface area contributed by atoms with Gasteiger partial charge in [-0.05, 0) is 26.3 Å². The maximum atomic E-state index is 12.4. The van der Waals surface area contributed by atoms with Gasteiger partial charge >= 0.3 is 12.0 Å². The van der Waals surface area contributed by atoms with Crippen LogP contribution in [0, 0.1) is 13.8 Å². The fourth-order valence-corrected chi connectivity index (χ4v) is 3.64. The van der Waals surface area contributed by atoms with Gasteiger partial charge in [0.1, 0.15) is 6.04 Å². The van der Waals surface area contributed by atoms with Gasteiger partial charge in [0, 0.05) is 34.9 Å². The molecule has 0 aromatic carbocycles. The molecule has 1 aliphatic heterocycles. The molecule has 10 heteroatoms. The number of hydrogen-bond acceptors (Lipinski definition) is 7. The number of aryl methyl sites for hydroxylation is 1. The number of hydrogen-bond donors (Lipinski definition) is 2. The number of rotatable bonds is 7. The van der Waals surface area contributed by atoms with Crippen molar-refractivity contribution in [3.8, 4) is 5.13 Å². The molecule has 0 unspecified atom stereocenters. The quantitative estimate of drug-likeness (QED) is 0.417. The molecule has 0 radical (unpaired) electrons. The van der Waals surface area contributed by atoms with Crippen molar-refractivity contribution in [3.05, 3.63) is 34.6 Å². The summed E-state index contributed by atoms with van der Waals surface area (Å²) in [4.78, 5) is 50.9. The molecule has 3 heterocycles. The van der Waals surface area contributed by atoms with E-state index >= 15 is 0 Å². The highest BCUT2D eigenvalue weighted by molar-refractivity contribution is 7.12. The van der Waals surface area contributed by atoms with Crippen molar-refractivity contribution in [2.24, 2.45) is 0 Å². The predicted octanol–water partition coefficient (Wildman–Crippen LogP) is 1.26. The molecule has 3 amide bonds. The highest BCUT2D eigenvalue weighted by Crippen LogP contribution is 2.22. The summed E-state index contributed by atoms with van der Waals surface area (Å²) in [7, 11) is 0. The maximum Gasteiger partial charge on any atom is 0.322 e. The Bertz CT molecular complexity index is 903. The fourth-order valence-electron chi connectivity index (χ4n) is 2.89. The molecule has 2 N–H and O–H groups in total. The van der Waals surface area contributed by atoms with Crippen molar-refractivity contribution in [1.29, 1.82) is 0 Å². The molecule has 1 atom stereocenters. The van der Waals surface area contributed by atoms with Crippen LogP contribution >= 0.6 is 11.3 Å². The number of urea groups is 1. The topological polar surface area (TPSA) is 119 Å². The number of carbonyl (C=O) groups excluding carboxylic acids is 4. The van der Waals surface area contributed by atoms with Crippen molar-refractivity contribution in [1.82, 2.24) is 20.2 Å². The Labute approximate surface area is 158 Å². The number of amides is 3. The molecule has 0 saturated carbocycles. The van der Waals surface area contributed by atoms with E-state index in [2.05, 4.69) is 15.6 Å². The summed E-state index contributed by atoms with van der Waals surface area (Å²) in [6.45, 7) is 3.30. The van der Waals surface area contributed by atoms with E-state index in [1.165, 1.54) is 11.3 Å². The van der Waals surface area contributed by atoms with E-state index in [-0.39, 0.29) is 25.2 Å². The summed E-state index contributed by atoms with van der Waals surface area (Å²) in [6.07, 6.45) is 1.72. The molecular weight excluding hydrogens is 372 g/mol. The molecular formula is C17H18N4O5S. The molecule has 0 aliphatic carbocycles. The van der Waals surface area contributed by atoms with Crippen LogP contribution in [-0.4, -0.2) is 45.9 Å². The van der Waals surface area contributed by atoms with Gasteiger partial charge < -0.3 is 10.1 Å². The van der Waals surface area contributed by atoms with Crippen LogP contribution < -0.4 is 10.6 Å². The third-order valence-corrected chi connectivity index (χ3v) is 4.96. The zero-order valence-corrected chi connectivity index (χ0v) is 15.6. The lowest BCUT2D eigenvalue weighted by atomic mass is 10.1. The number of thiazole rings is 1. The lowest BCUT2D eigenvalue weighted by Gasteiger charge is -2.08. The maximum absolute atomic E-state index is 12.4. The summed E-state index contributed by atoms with van der Waals surface area (Å²) in [6, 6.07) is 0.410. The van der Waals surface area contributed by atoms with E-state index in [4.69, 9.17) is 4.74 Å². The summed E-state index contributed by atoms with van der Waals surface area (Å²) in [5.41, 5.74) is 2.06. The van der Waals surface area contributed by atoms with Gasteiger partial charge in [-0.15, -0.1) is 11.3 Å². The second-order valence-electron chi connectivity index (χ2n) is 6.07. The van der Waals surface area contributed by atoms with Gasteiger partial charge in [0.05, 0.1) is 0 Å². The number of nitrogens with zero attached hydrogens (tertiary/aromatic N) is 2. The first-order valence-electron chi connectivity index (χ1n) is 8.26. The van der Waals surface area contributed by atoms with Gasteiger partial charge in [0.15, 0.2) is 11.7 Å². The predicted molar refractivity (Wildman–Crippen MR) is 95.9 cm³/mol. The zero-order valence-electron chi connectivity index (χ0n) is 14.8. The van der Waals surface area contributed by atoms with Crippen LogP contribution in [0.25, 0.3) is 5.13 Å². The number of aromatic nitrogens is 2. The smallest absolute Gasteiger partial charge is 0.322 e. The van der Waals surface area contributed by atoms with Crippen molar-refractivity contribution in [2.75, 3.05) is 6.61 Å². The number of imide groups is 1. The average molecular weight is 390 g/mol. The normalized spacial score (nSPS) is 16.1. The van der Waals surface area contributed by atoms with E-state index in [0.29, 0.717) is 5.56 Å². The van der Waals surface area contributed by atoms with Gasteiger partial charge in [0.25, 0.3) is 5.91 Å². The Hall–Kier alpha value is -3.01. The summed E-state index contributed by atoms with van der Waals surface area (Å²) < 4.78 is 6.90. The molecule has 0 spiro atoms. The first kappa shape index (κ1) is 18.8. The molecule has 1 fully saturated rings. The van der Waals surface area contributed by atoms with Crippen LogP contribution in [-0.2, 0) is 14.3 Å². The van der Waals surface area contributed by atoms with Gasteiger partial charge in [0.2, 0.25) is 5.78 Å². The Morgan fingerprint density at radius 1 is 1.33 bits per heavy atom. The number of esters is 1. The van der Waals surface area contributed by atoms with Crippen LogP contribution in [0.1, 0.15) is 34.6 Å². The number of ether oxygens (including phenoxy) is 1. The molecule has 3 rings (SSSR count). The van der Waals surface area contributed by atoms with Crippen molar-refractivity contribution >= 4 is 35.0 Å². The SMILES string of the molecule is Cc1cc(C(=O)COC(=O)CC[C@@H]2NC(=O)NC2=O)c(C)n1-c1nccs1. The first-order valence-corrected chi connectivity index (χ1v) is 9.13. The molecule has 0 bridgehead atoms. The zero-order chi connectivity index (χ0) is 19.6. The molecule has 2 aromatic rings. The minimum absolute atomic E-state index is 0.0796. The fraction of sp³-hybridized carbons (Fsp3) is 0.353. The van der Waals surface area contributed by atoms with Crippen LogP contribution in [0.15, 0.2) is 17.6 Å². The Morgan fingerprint density at radius 2 is 2.11 bits per heavy atom. The summed E-state index contributed by atoms with van der Waals surface area (Å²) >= 11 is 1.46. The second-order valence-corrected chi connectivity index (χ2v) is 6.95. The highest BCUT2D eigenvalue weighted by atomic mass is 32.1.